The van der Waals surface area contributed by atoms with Gasteiger partial charge >= 0.3 is 5.97 Å². The molecule has 3 nitrogen and oxygen atoms in total. The molecular formula is C6H10O3S. The number of aliphatic carboxylic acids is 1. The summed E-state index contributed by atoms with van der Waals surface area (Å²) in [5.41, 5.74) is 0. The van der Waals surface area contributed by atoms with Crippen LogP contribution in [0.5, 0.6) is 0 Å². The third kappa shape index (κ3) is 26.9. The largest absolute Gasteiger partial charge is 0.477 e. The van der Waals surface area contributed by atoms with Gasteiger partial charge in [0, 0.05) is 0 Å². The number of rotatable bonds is 1. The topological polar surface area (TPSA) is 54.4 Å². The van der Waals surface area contributed by atoms with Crippen molar-refractivity contribution in [2.45, 2.75) is 13.8 Å². The van der Waals surface area contributed by atoms with E-state index in [9.17, 15) is 9.59 Å². The summed E-state index contributed by atoms with van der Waals surface area (Å²) in [7, 11) is 0. The van der Waals surface area contributed by atoms with Crippen molar-refractivity contribution in [1.29, 1.82) is 0 Å². The van der Waals surface area contributed by atoms with E-state index >= 15 is 0 Å². The third-order valence-corrected chi connectivity index (χ3v) is 0.438. The van der Waals surface area contributed by atoms with Crippen LogP contribution in [-0.4, -0.2) is 16.9 Å². The number of Topliss-reactive ketones (excluding diaryl/α,β-unsaturated/α-hetero) is 1. The molecule has 0 heterocycles. The van der Waals surface area contributed by atoms with Crippen molar-refractivity contribution in [3.8, 4) is 0 Å². The van der Waals surface area contributed by atoms with E-state index in [1.807, 2.05) is 0 Å². The SMILES string of the molecule is C=C(S)C(=O)O.CC(C)=O. The lowest BCUT2D eigenvalue weighted by molar-refractivity contribution is -0.131. The number of carbonyl (C=O) groups is 2. The predicted molar refractivity (Wildman–Crippen MR) is 42.1 cm³/mol. The Balaban J connectivity index is 0. The smallest absolute Gasteiger partial charge is 0.341 e. The van der Waals surface area contributed by atoms with E-state index in [4.69, 9.17) is 5.11 Å². The minimum atomic E-state index is -1.07. The van der Waals surface area contributed by atoms with Crippen LogP contribution < -0.4 is 0 Å². The maximum absolute atomic E-state index is 9.52. The highest BCUT2D eigenvalue weighted by atomic mass is 32.1. The molecule has 58 valence electrons. The molecule has 0 amide bonds. The third-order valence-electron chi connectivity index (χ3n) is 0.247. The Morgan fingerprint density at radius 1 is 1.40 bits per heavy atom. The quantitative estimate of drug-likeness (QED) is 0.448. The average molecular weight is 162 g/mol. The van der Waals surface area contributed by atoms with Gasteiger partial charge in [-0.1, -0.05) is 6.58 Å². The summed E-state index contributed by atoms with van der Waals surface area (Å²) in [6.07, 6.45) is 0. The highest BCUT2D eigenvalue weighted by Crippen LogP contribution is 1.91. The van der Waals surface area contributed by atoms with Crippen LogP contribution in [0.1, 0.15) is 13.8 Å². The first-order chi connectivity index (χ1) is 4.37. The van der Waals surface area contributed by atoms with Crippen LogP contribution in [0.2, 0.25) is 0 Å². The van der Waals surface area contributed by atoms with Gasteiger partial charge in [-0.15, -0.1) is 12.6 Å². The molecule has 0 atom stereocenters. The standard InChI is InChI=1S/C3H4O2S.C3H6O/c1-2(6)3(4)5;1-3(2)4/h6H,1H2,(H,4,5);1-2H3. The Hall–Kier alpha value is -0.770. The molecule has 0 saturated carbocycles. The molecule has 4 heteroatoms. The van der Waals surface area contributed by atoms with Gasteiger partial charge < -0.3 is 9.90 Å². The number of thiol groups is 1. The highest BCUT2D eigenvalue weighted by Gasteiger charge is 1.91. The van der Waals surface area contributed by atoms with Crippen molar-refractivity contribution in [3.63, 3.8) is 0 Å². The molecule has 0 aliphatic rings. The Morgan fingerprint density at radius 2 is 1.50 bits per heavy atom. The summed E-state index contributed by atoms with van der Waals surface area (Å²) in [4.78, 5) is 18.8. The van der Waals surface area contributed by atoms with Crippen LogP contribution in [-0.2, 0) is 9.59 Å². The number of ketones is 1. The molecule has 0 aliphatic heterocycles. The van der Waals surface area contributed by atoms with E-state index < -0.39 is 5.97 Å². The second-order valence-corrected chi connectivity index (χ2v) is 2.20. The van der Waals surface area contributed by atoms with Crippen LogP contribution in [0.4, 0.5) is 0 Å². The fourth-order valence-electron chi connectivity index (χ4n) is 0. The number of carboxylic acids is 1. The molecule has 0 aliphatic carbocycles. The maximum Gasteiger partial charge on any atom is 0.341 e. The van der Waals surface area contributed by atoms with Gasteiger partial charge in [0.25, 0.3) is 0 Å². The number of carboxylic acid groups (broad SMARTS) is 1. The number of hydrogen-bond acceptors (Lipinski definition) is 3. The summed E-state index contributed by atoms with van der Waals surface area (Å²) in [5.74, 6) is -0.904. The number of carbonyl (C=O) groups excluding carboxylic acids is 1. The Bertz CT molecular complexity index is 135. The molecule has 0 aromatic carbocycles. The maximum atomic E-state index is 9.52. The first-order valence-corrected chi connectivity index (χ1v) is 2.91. The van der Waals surface area contributed by atoms with Crippen molar-refractivity contribution in [2.75, 3.05) is 0 Å². The van der Waals surface area contributed by atoms with Crippen molar-refractivity contribution >= 4 is 24.4 Å². The van der Waals surface area contributed by atoms with Crippen molar-refractivity contribution < 1.29 is 14.7 Å². The van der Waals surface area contributed by atoms with Gasteiger partial charge in [-0.05, 0) is 13.8 Å². The molecule has 0 unspecified atom stereocenters. The summed E-state index contributed by atoms with van der Waals surface area (Å²) < 4.78 is 0. The van der Waals surface area contributed by atoms with E-state index in [2.05, 4.69) is 19.2 Å². The Kier molecular flexibility index (Phi) is 7.60. The monoisotopic (exact) mass is 162 g/mol. The normalized spacial score (nSPS) is 7.10. The van der Waals surface area contributed by atoms with Gasteiger partial charge in [0.2, 0.25) is 0 Å². The average Bonchev–Trinajstić information content (AvgIpc) is 1.63. The fourth-order valence-corrected chi connectivity index (χ4v) is 0. The van der Waals surface area contributed by atoms with Crippen molar-refractivity contribution in [2.24, 2.45) is 0 Å². The number of hydrogen-bond donors (Lipinski definition) is 2. The van der Waals surface area contributed by atoms with E-state index in [0.717, 1.165) is 0 Å². The zero-order valence-corrected chi connectivity index (χ0v) is 6.81. The molecule has 0 rings (SSSR count). The molecule has 0 aromatic heterocycles. The van der Waals surface area contributed by atoms with Gasteiger partial charge in [-0.25, -0.2) is 4.79 Å². The van der Waals surface area contributed by atoms with Gasteiger partial charge in [0.15, 0.2) is 0 Å². The second-order valence-electron chi connectivity index (χ2n) is 1.66. The van der Waals surface area contributed by atoms with Gasteiger partial charge in [-0.2, -0.15) is 0 Å². The molecule has 0 fully saturated rings. The summed E-state index contributed by atoms with van der Waals surface area (Å²) in [6.45, 7) is 6.07. The Morgan fingerprint density at radius 3 is 1.50 bits per heavy atom. The lowest BCUT2D eigenvalue weighted by atomic mass is 10.6. The summed E-state index contributed by atoms with van der Waals surface area (Å²) in [6, 6.07) is 0. The van der Waals surface area contributed by atoms with Crippen molar-refractivity contribution in [1.82, 2.24) is 0 Å². The summed E-state index contributed by atoms with van der Waals surface area (Å²) in [5, 5.41) is 7.81. The van der Waals surface area contributed by atoms with E-state index in [-0.39, 0.29) is 10.7 Å². The fraction of sp³-hybridized carbons (Fsp3) is 0.333. The van der Waals surface area contributed by atoms with E-state index in [0.29, 0.717) is 0 Å². The predicted octanol–water partition coefficient (Wildman–Crippen LogP) is 1.11. The zero-order valence-electron chi connectivity index (χ0n) is 5.92. The van der Waals surface area contributed by atoms with E-state index in [1.165, 1.54) is 13.8 Å². The molecule has 0 spiro atoms. The molecule has 0 saturated heterocycles. The molecule has 0 radical (unpaired) electrons. The van der Waals surface area contributed by atoms with Crippen LogP contribution in [0.3, 0.4) is 0 Å². The molecule has 1 N–H and O–H groups in total. The molecule has 10 heavy (non-hydrogen) atoms. The van der Waals surface area contributed by atoms with Gasteiger partial charge in [-0.3, -0.25) is 0 Å². The first-order valence-electron chi connectivity index (χ1n) is 2.46. The molecule has 0 aromatic rings. The first kappa shape index (κ1) is 12.0. The lowest BCUT2D eigenvalue weighted by Crippen LogP contribution is -1.89. The molecular weight excluding hydrogens is 152 g/mol. The van der Waals surface area contributed by atoms with Crippen LogP contribution >= 0.6 is 12.6 Å². The minimum Gasteiger partial charge on any atom is -0.477 e. The minimum absolute atomic E-state index is 0.130. The highest BCUT2D eigenvalue weighted by molar-refractivity contribution is 7.85. The molecule has 0 bridgehead atoms. The second kappa shape index (κ2) is 6.35. The Labute approximate surface area is 65.2 Å². The van der Waals surface area contributed by atoms with Crippen LogP contribution in [0.25, 0.3) is 0 Å². The summed E-state index contributed by atoms with van der Waals surface area (Å²) >= 11 is 3.40. The van der Waals surface area contributed by atoms with E-state index in [1.54, 1.807) is 0 Å². The van der Waals surface area contributed by atoms with Gasteiger partial charge in [0.1, 0.15) is 5.78 Å². The lowest BCUT2D eigenvalue weighted by Gasteiger charge is -1.78. The van der Waals surface area contributed by atoms with Crippen LogP contribution in [0, 0.1) is 0 Å². The van der Waals surface area contributed by atoms with Crippen LogP contribution in [0.15, 0.2) is 11.5 Å². The van der Waals surface area contributed by atoms with Gasteiger partial charge in [0.05, 0.1) is 4.91 Å². The zero-order chi connectivity index (χ0) is 8.73. The van der Waals surface area contributed by atoms with Crippen molar-refractivity contribution in [3.05, 3.63) is 11.5 Å².